The van der Waals surface area contributed by atoms with E-state index in [4.69, 9.17) is 14.2 Å². The minimum Gasteiger partial charge on any atom is -0.544 e. The van der Waals surface area contributed by atoms with Crippen LogP contribution in [0.5, 0.6) is 0 Å². The van der Waals surface area contributed by atoms with Crippen LogP contribution in [-0.2, 0) is 28.6 Å². The molecule has 0 aromatic rings. The summed E-state index contributed by atoms with van der Waals surface area (Å²) in [4.78, 5) is 37.0. The van der Waals surface area contributed by atoms with Crippen molar-refractivity contribution in [3.63, 3.8) is 0 Å². The normalized spacial score (nSPS) is 13.0. The second-order valence-corrected chi connectivity index (χ2v) is 18.4. The highest BCUT2D eigenvalue weighted by Gasteiger charge is 2.25. The van der Waals surface area contributed by atoms with Crippen molar-refractivity contribution >= 4 is 17.9 Å². The first-order chi connectivity index (χ1) is 29.1. The molecule has 0 fully saturated rings. The molecule has 8 nitrogen and oxygen atoms in total. The third kappa shape index (κ3) is 41.2. The smallest absolute Gasteiger partial charge is 0.306 e. The van der Waals surface area contributed by atoms with Gasteiger partial charge in [0.25, 0.3) is 0 Å². The molecular formula is C52H97NO7. The maximum absolute atomic E-state index is 12.8. The van der Waals surface area contributed by atoms with Gasteiger partial charge in [-0.15, -0.1) is 0 Å². The van der Waals surface area contributed by atoms with Crippen molar-refractivity contribution in [3.05, 3.63) is 24.3 Å². The Morgan fingerprint density at radius 2 is 0.933 bits per heavy atom. The quantitative estimate of drug-likeness (QED) is 0.0260. The van der Waals surface area contributed by atoms with Gasteiger partial charge in [-0.05, 0) is 38.5 Å². The van der Waals surface area contributed by atoms with Gasteiger partial charge >= 0.3 is 11.9 Å². The van der Waals surface area contributed by atoms with Crippen molar-refractivity contribution in [1.82, 2.24) is 0 Å². The summed E-state index contributed by atoms with van der Waals surface area (Å²) in [5.41, 5.74) is 0. The molecule has 0 aromatic carbocycles. The van der Waals surface area contributed by atoms with Gasteiger partial charge in [0.1, 0.15) is 12.6 Å². The van der Waals surface area contributed by atoms with Crippen LogP contribution in [0.1, 0.15) is 239 Å². The van der Waals surface area contributed by atoms with Crippen LogP contribution in [0, 0.1) is 0 Å². The van der Waals surface area contributed by atoms with E-state index in [1.165, 1.54) is 148 Å². The van der Waals surface area contributed by atoms with Gasteiger partial charge in [-0.25, -0.2) is 0 Å². The van der Waals surface area contributed by atoms with Crippen molar-refractivity contribution < 1.29 is 38.2 Å². The third-order valence-electron chi connectivity index (χ3n) is 11.6. The molecule has 0 heterocycles. The molecule has 8 heteroatoms. The molecule has 60 heavy (non-hydrogen) atoms. The van der Waals surface area contributed by atoms with Crippen molar-refractivity contribution in [2.75, 3.05) is 41.0 Å². The first kappa shape index (κ1) is 57.8. The van der Waals surface area contributed by atoms with E-state index in [1.54, 1.807) is 21.1 Å². The molecule has 0 aliphatic heterocycles. The first-order valence-electron chi connectivity index (χ1n) is 25.4. The molecule has 2 unspecified atom stereocenters. The standard InChI is InChI=1S/C52H97NO7/c1-6-8-10-12-14-16-18-20-22-23-24-25-26-27-28-29-31-33-35-37-39-41-43-51(55)60-48(46-58-45-44-49(52(56)57)53(3,4)5)47-59-50(54)42-40-38-36-34-32-30-21-19-17-15-13-11-9-7-2/h9,11,15,17,48-49H,6-8,10,12-14,16,18-47H2,1-5H3/b11-9+,17-15+. The zero-order chi connectivity index (χ0) is 44.2. The van der Waals surface area contributed by atoms with E-state index < -0.39 is 18.1 Å². The lowest BCUT2D eigenvalue weighted by Crippen LogP contribution is -2.55. The molecule has 0 aliphatic carbocycles. The molecule has 0 N–H and O–H groups in total. The van der Waals surface area contributed by atoms with Crippen LogP contribution < -0.4 is 5.11 Å². The van der Waals surface area contributed by atoms with Gasteiger partial charge in [0, 0.05) is 19.3 Å². The minimum absolute atomic E-state index is 0.0426. The number of rotatable bonds is 46. The van der Waals surface area contributed by atoms with Crippen LogP contribution in [0.3, 0.4) is 0 Å². The van der Waals surface area contributed by atoms with Crippen molar-refractivity contribution in [2.45, 2.75) is 251 Å². The number of hydrogen-bond acceptors (Lipinski definition) is 7. The Labute approximate surface area is 371 Å². The summed E-state index contributed by atoms with van der Waals surface area (Å²) in [5.74, 6) is -1.73. The highest BCUT2D eigenvalue weighted by atomic mass is 16.6. The highest BCUT2D eigenvalue weighted by Crippen LogP contribution is 2.17. The van der Waals surface area contributed by atoms with Crippen LogP contribution in [0.4, 0.5) is 0 Å². The number of ether oxygens (including phenoxy) is 3. The Morgan fingerprint density at radius 3 is 1.37 bits per heavy atom. The second kappa shape index (κ2) is 43.5. The summed E-state index contributed by atoms with van der Waals surface area (Å²) >= 11 is 0. The van der Waals surface area contributed by atoms with Crippen LogP contribution in [0.25, 0.3) is 0 Å². The lowest BCUT2D eigenvalue weighted by Gasteiger charge is -2.34. The van der Waals surface area contributed by atoms with Gasteiger partial charge in [0.2, 0.25) is 0 Å². The van der Waals surface area contributed by atoms with E-state index in [0.717, 1.165) is 57.8 Å². The number of quaternary nitrogens is 1. The molecule has 0 aliphatic rings. The lowest BCUT2D eigenvalue weighted by atomic mass is 10.0. The number of aliphatic carboxylic acids is 1. The molecule has 0 bridgehead atoms. The van der Waals surface area contributed by atoms with Gasteiger partial charge in [-0.1, -0.05) is 205 Å². The Kier molecular flexibility index (Phi) is 41.9. The first-order valence-corrected chi connectivity index (χ1v) is 25.4. The fourth-order valence-corrected chi connectivity index (χ4v) is 7.70. The van der Waals surface area contributed by atoms with E-state index in [9.17, 15) is 19.5 Å². The fraction of sp³-hybridized carbons (Fsp3) is 0.865. The van der Waals surface area contributed by atoms with Crippen LogP contribution in [0.15, 0.2) is 24.3 Å². The topological polar surface area (TPSA) is 102 Å². The number of unbranched alkanes of at least 4 members (excludes halogenated alkanes) is 28. The number of allylic oxidation sites excluding steroid dienone is 4. The predicted octanol–water partition coefficient (Wildman–Crippen LogP) is 13.1. The maximum atomic E-state index is 12.8. The van der Waals surface area contributed by atoms with E-state index in [2.05, 4.69) is 38.2 Å². The Balaban J connectivity index is 4.18. The van der Waals surface area contributed by atoms with Crippen molar-refractivity contribution in [1.29, 1.82) is 0 Å². The van der Waals surface area contributed by atoms with Gasteiger partial charge in [-0.3, -0.25) is 9.59 Å². The lowest BCUT2D eigenvalue weighted by molar-refractivity contribution is -0.889. The predicted molar refractivity (Wildman–Crippen MR) is 250 cm³/mol. The summed E-state index contributed by atoms with van der Waals surface area (Å²) in [6.07, 6.45) is 49.3. The Bertz CT molecular complexity index is 1040. The number of carbonyl (C=O) groups excluding carboxylic acids is 3. The van der Waals surface area contributed by atoms with Gasteiger partial charge in [-0.2, -0.15) is 0 Å². The number of carboxylic acid groups (broad SMARTS) is 1. The molecular weight excluding hydrogens is 751 g/mol. The summed E-state index contributed by atoms with van der Waals surface area (Å²) in [6, 6.07) is -0.724. The van der Waals surface area contributed by atoms with Crippen LogP contribution in [0.2, 0.25) is 0 Å². The molecule has 0 radical (unpaired) electrons. The largest absolute Gasteiger partial charge is 0.544 e. The molecule has 0 saturated carbocycles. The summed E-state index contributed by atoms with van der Waals surface area (Å²) < 4.78 is 17.2. The van der Waals surface area contributed by atoms with Crippen LogP contribution in [-0.4, -0.2) is 75.5 Å². The summed E-state index contributed by atoms with van der Waals surface area (Å²) in [6.45, 7) is 4.59. The van der Waals surface area contributed by atoms with E-state index in [0.29, 0.717) is 12.8 Å². The molecule has 0 amide bonds. The average Bonchev–Trinajstić information content (AvgIpc) is 3.21. The van der Waals surface area contributed by atoms with Crippen LogP contribution >= 0.6 is 0 Å². The monoisotopic (exact) mass is 848 g/mol. The third-order valence-corrected chi connectivity index (χ3v) is 11.6. The van der Waals surface area contributed by atoms with Gasteiger partial charge in [0.15, 0.2) is 6.10 Å². The zero-order valence-electron chi connectivity index (χ0n) is 40.1. The highest BCUT2D eigenvalue weighted by molar-refractivity contribution is 5.70. The SMILES string of the molecule is CC/C=C/C/C=C/CCCCCCCCCC(=O)OCC(COCCC(C(=O)[O-])[N+](C)(C)C)OC(=O)CCCCCCCCCCCCCCCCCCCCCCCC. The minimum atomic E-state index is -1.12. The van der Waals surface area contributed by atoms with Crippen molar-refractivity contribution in [3.8, 4) is 0 Å². The summed E-state index contributed by atoms with van der Waals surface area (Å²) in [7, 11) is 5.42. The van der Waals surface area contributed by atoms with E-state index >= 15 is 0 Å². The summed E-state index contributed by atoms with van der Waals surface area (Å²) in [5, 5.41) is 11.6. The van der Waals surface area contributed by atoms with E-state index in [1.807, 2.05) is 0 Å². The number of likely N-dealkylation sites (N-methyl/N-ethyl adjacent to an activating group) is 1. The van der Waals surface area contributed by atoms with Crippen molar-refractivity contribution in [2.24, 2.45) is 0 Å². The molecule has 0 rings (SSSR count). The maximum Gasteiger partial charge on any atom is 0.306 e. The zero-order valence-corrected chi connectivity index (χ0v) is 40.1. The van der Waals surface area contributed by atoms with Gasteiger partial charge < -0.3 is 28.6 Å². The van der Waals surface area contributed by atoms with E-state index in [-0.39, 0.29) is 42.7 Å². The Hall–Kier alpha value is -2.19. The molecule has 352 valence electrons. The number of carboxylic acids is 1. The number of esters is 2. The number of hydrogen-bond donors (Lipinski definition) is 0. The average molecular weight is 848 g/mol. The molecule has 2 atom stereocenters. The number of nitrogens with zero attached hydrogens (tertiary/aromatic N) is 1. The fourth-order valence-electron chi connectivity index (χ4n) is 7.70. The number of carbonyl (C=O) groups is 3. The molecule has 0 spiro atoms. The molecule has 0 saturated heterocycles. The second-order valence-electron chi connectivity index (χ2n) is 18.4. The Morgan fingerprint density at radius 1 is 0.517 bits per heavy atom. The van der Waals surface area contributed by atoms with Gasteiger partial charge in [0.05, 0.1) is 40.3 Å². The molecule has 0 aromatic heterocycles.